The maximum Gasteiger partial charge on any atom is 0.254 e. The number of amides is 1. The standard InChI is InChI=1S/C19H24N8O/c1-27-10-23-16-14(7-4-8-15(16)27)24-18-11(17(21)28)9-22-19(26-18)25-13-6-3-2-5-12(13)20/h4,7-10,12-13H,2-3,5-6,20H2,1H3,(H2,21,28)(H2,22,24,25,26)/t12-,13+/m0/s1. The van der Waals surface area contributed by atoms with E-state index >= 15 is 0 Å². The number of para-hydroxylation sites is 1. The molecule has 1 aromatic carbocycles. The Morgan fingerprint density at radius 1 is 1.25 bits per heavy atom. The minimum absolute atomic E-state index is 0.0619. The van der Waals surface area contributed by atoms with Gasteiger partial charge >= 0.3 is 0 Å². The Kier molecular flexibility index (Phi) is 4.82. The van der Waals surface area contributed by atoms with Crippen LogP contribution in [0.5, 0.6) is 0 Å². The predicted octanol–water partition coefficient (Wildman–Crippen LogP) is 1.89. The van der Waals surface area contributed by atoms with Gasteiger partial charge in [-0.05, 0) is 25.0 Å². The Bertz CT molecular complexity index is 1010. The number of hydrogen-bond acceptors (Lipinski definition) is 7. The molecule has 1 aliphatic carbocycles. The fourth-order valence-electron chi connectivity index (χ4n) is 3.62. The van der Waals surface area contributed by atoms with Crippen molar-refractivity contribution >= 4 is 34.4 Å². The molecule has 3 aromatic rings. The van der Waals surface area contributed by atoms with E-state index in [0.29, 0.717) is 11.8 Å². The average molecular weight is 380 g/mol. The van der Waals surface area contributed by atoms with Gasteiger partial charge in [-0.1, -0.05) is 18.9 Å². The molecule has 0 radical (unpaired) electrons. The molecule has 28 heavy (non-hydrogen) atoms. The van der Waals surface area contributed by atoms with Crippen LogP contribution < -0.4 is 22.1 Å². The number of carbonyl (C=O) groups excluding carboxylic acids is 1. The van der Waals surface area contributed by atoms with Crippen LogP contribution in [0.4, 0.5) is 17.5 Å². The maximum absolute atomic E-state index is 11.9. The van der Waals surface area contributed by atoms with E-state index in [1.807, 2.05) is 29.8 Å². The first-order valence-electron chi connectivity index (χ1n) is 9.39. The first-order valence-corrected chi connectivity index (χ1v) is 9.39. The van der Waals surface area contributed by atoms with Gasteiger partial charge in [-0.2, -0.15) is 4.98 Å². The number of aromatic nitrogens is 4. The zero-order valence-corrected chi connectivity index (χ0v) is 15.7. The summed E-state index contributed by atoms with van der Waals surface area (Å²) in [5, 5.41) is 6.51. The van der Waals surface area contributed by atoms with Crippen molar-refractivity contribution in [2.45, 2.75) is 37.8 Å². The Hall–Kier alpha value is -3.20. The molecule has 2 atom stereocenters. The predicted molar refractivity (Wildman–Crippen MR) is 108 cm³/mol. The van der Waals surface area contributed by atoms with Crippen LogP contribution in [0.3, 0.4) is 0 Å². The van der Waals surface area contributed by atoms with Gasteiger partial charge in [0.05, 0.1) is 17.5 Å². The van der Waals surface area contributed by atoms with Crippen LogP contribution >= 0.6 is 0 Å². The molecule has 6 N–H and O–H groups in total. The summed E-state index contributed by atoms with van der Waals surface area (Å²) in [6.07, 6.45) is 7.39. The zero-order chi connectivity index (χ0) is 19.7. The molecule has 2 heterocycles. The third-order valence-electron chi connectivity index (χ3n) is 5.20. The van der Waals surface area contributed by atoms with Crippen LogP contribution in [0.1, 0.15) is 36.0 Å². The molecule has 0 aliphatic heterocycles. The highest BCUT2D eigenvalue weighted by atomic mass is 16.1. The van der Waals surface area contributed by atoms with E-state index < -0.39 is 5.91 Å². The van der Waals surface area contributed by atoms with Gasteiger partial charge in [-0.15, -0.1) is 0 Å². The fourth-order valence-corrected chi connectivity index (χ4v) is 3.62. The topological polar surface area (TPSA) is 137 Å². The van der Waals surface area contributed by atoms with E-state index in [1.54, 1.807) is 6.33 Å². The number of nitrogens with two attached hydrogens (primary N) is 2. The number of rotatable bonds is 5. The van der Waals surface area contributed by atoms with Crippen molar-refractivity contribution in [3.63, 3.8) is 0 Å². The SMILES string of the molecule is Cn1cnc2c(Nc3nc(N[C@@H]4CCCC[C@@H]4N)ncc3C(N)=O)cccc21. The molecule has 2 aromatic heterocycles. The third kappa shape index (κ3) is 3.48. The smallest absolute Gasteiger partial charge is 0.254 e. The number of benzene rings is 1. The summed E-state index contributed by atoms with van der Waals surface area (Å²) in [5.41, 5.74) is 14.4. The molecule has 9 nitrogen and oxygen atoms in total. The molecule has 146 valence electrons. The second-order valence-corrected chi connectivity index (χ2v) is 7.17. The number of carbonyl (C=O) groups is 1. The summed E-state index contributed by atoms with van der Waals surface area (Å²) < 4.78 is 1.92. The van der Waals surface area contributed by atoms with Crippen LogP contribution in [-0.2, 0) is 7.05 Å². The van der Waals surface area contributed by atoms with Gasteiger partial charge in [0.25, 0.3) is 5.91 Å². The third-order valence-corrected chi connectivity index (χ3v) is 5.20. The van der Waals surface area contributed by atoms with Crippen LogP contribution in [-0.4, -0.2) is 37.5 Å². The number of primary amides is 1. The van der Waals surface area contributed by atoms with Crippen molar-refractivity contribution in [3.05, 3.63) is 36.3 Å². The lowest BCUT2D eigenvalue weighted by Gasteiger charge is -2.29. The summed E-state index contributed by atoms with van der Waals surface area (Å²) in [6, 6.07) is 5.94. The Morgan fingerprint density at radius 3 is 2.86 bits per heavy atom. The Balaban J connectivity index is 1.67. The van der Waals surface area contributed by atoms with Crippen LogP contribution in [0, 0.1) is 0 Å². The minimum atomic E-state index is -0.600. The first-order chi connectivity index (χ1) is 13.5. The number of aryl methyl sites for hydroxylation is 1. The largest absolute Gasteiger partial charge is 0.365 e. The van der Waals surface area contributed by atoms with E-state index in [-0.39, 0.29) is 17.6 Å². The molecule has 4 rings (SSSR count). The molecule has 0 spiro atoms. The van der Waals surface area contributed by atoms with Gasteiger partial charge in [0, 0.05) is 25.3 Å². The molecule has 9 heteroatoms. The lowest BCUT2D eigenvalue weighted by Crippen LogP contribution is -2.43. The summed E-state index contributed by atoms with van der Waals surface area (Å²) in [4.78, 5) is 25.1. The van der Waals surface area contributed by atoms with Crippen molar-refractivity contribution in [2.75, 3.05) is 10.6 Å². The lowest BCUT2D eigenvalue weighted by atomic mass is 9.91. The number of nitrogens with zero attached hydrogens (tertiary/aromatic N) is 4. The number of imidazole rings is 1. The van der Waals surface area contributed by atoms with Gasteiger partial charge in [0.2, 0.25) is 5.95 Å². The number of anilines is 3. The monoisotopic (exact) mass is 380 g/mol. The van der Waals surface area contributed by atoms with Crippen molar-refractivity contribution in [1.29, 1.82) is 0 Å². The highest BCUT2D eigenvalue weighted by Crippen LogP contribution is 2.27. The molecule has 1 saturated carbocycles. The van der Waals surface area contributed by atoms with E-state index in [1.165, 1.54) is 6.20 Å². The van der Waals surface area contributed by atoms with Crippen molar-refractivity contribution in [2.24, 2.45) is 18.5 Å². The highest BCUT2D eigenvalue weighted by molar-refractivity contribution is 5.99. The van der Waals surface area contributed by atoms with Gasteiger partial charge in [0.1, 0.15) is 16.9 Å². The Labute approximate surface area is 162 Å². The van der Waals surface area contributed by atoms with E-state index in [9.17, 15) is 4.79 Å². The van der Waals surface area contributed by atoms with Gasteiger partial charge < -0.3 is 26.7 Å². The van der Waals surface area contributed by atoms with Crippen LogP contribution in [0.25, 0.3) is 11.0 Å². The first kappa shape index (κ1) is 18.2. The summed E-state index contributed by atoms with van der Waals surface area (Å²) in [6.45, 7) is 0. The highest BCUT2D eigenvalue weighted by Gasteiger charge is 2.23. The zero-order valence-electron chi connectivity index (χ0n) is 15.7. The molecule has 1 fully saturated rings. The lowest BCUT2D eigenvalue weighted by molar-refractivity contribution is 0.100. The van der Waals surface area contributed by atoms with E-state index in [4.69, 9.17) is 11.5 Å². The summed E-state index contributed by atoms with van der Waals surface area (Å²) >= 11 is 0. The number of fused-ring (bicyclic) bond motifs is 1. The molecule has 0 saturated heterocycles. The summed E-state index contributed by atoms with van der Waals surface area (Å²) in [5.74, 6) is 0.159. The summed E-state index contributed by atoms with van der Waals surface area (Å²) in [7, 11) is 1.92. The Morgan fingerprint density at radius 2 is 2.07 bits per heavy atom. The van der Waals surface area contributed by atoms with E-state index in [2.05, 4.69) is 25.6 Å². The van der Waals surface area contributed by atoms with Crippen molar-refractivity contribution < 1.29 is 4.79 Å². The van der Waals surface area contributed by atoms with Crippen molar-refractivity contribution in [3.8, 4) is 0 Å². The fraction of sp³-hybridized carbons (Fsp3) is 0.368. The minimum Gasteiger partial charge on any atom is -0.365 e. The van der Waals surface area contributed by atoms with Crippen LogP contribution in [0.2, 0.25) is 0 Å². The van der Waals surface area contributed by atoms with Gasteiger partial charge in [-0.25, -0.2) is 9.97 Å². The van der Waals surface area contributed by atoms with Gasteiger partial charge in [0.15, 0.2) is 0 Å². The molecule has 1 aliphatic rings. The van der Waals surface area contributed by atoms with Crippen molar-refractivity contribution in [1.82, 2.24) is 19.5 Å². The second kappa shape index (κ2) is 7.43. The molecular weight excluding hydrogens is 356 g/mol. The second-order valence-electron chi connectivity index (χ2n) is 7.17. The molecule has 1 amide bonds. The molecular formula is C19H24N8O. The average Bonchev–Trinajstić information content (AvgIpc) is 3.06. The normalized spacial score (nSPS) is 19.5. The number of hydrogen-bond donors (Lipinski definition) is 4. The molecule has 0 unspecified atom stereocenters. The van der Waals surface area contributed by atoms with Gasteiger partial charge in [-0.3, -0.25) is 4.79 Å². The van der Waals surface area contributed by atoms with E-state index in [0.717, 1.165) is 42.4 Å². The number of nitrogens with one attached hydrogen (secondary N) is 2. The quantitative estimate of drug-likeness (QED) is 0.530. The molecule has 0 bridgehead atoms. The van der Waals surface area contributed by atoms with Crippen LogP contribution in [0.15, 0.2) is 30.7 Å². The maximum atomic E-state index is 11.9.